The van der Waals surface area contributed by atoms with Gasteiger partial charge in [0.25, 0.3) is 0 Å². The van der Waals surface area contributed by atoms with Gasteiger partial charge in [0.15, 0.2) is 0 Å². The molecule has 1 saturated heterocycles. The molecule has 0 bridgehead atoms. The molecule has 1 aromatic carbocycles. The summed E-state index contributed by atoms with van der Waals surface area (Å²) in [5, 5.41) is 9.32. The van der Waals surface area contributed by atoms with Crippen LogP contribution < -0.4 is 4.72 Å². The Labute approximate surface area is 151 Å². The molecular formula is C14H16BrF3N2O4S. The summed E-state index contributed by atoms with van der Waals surface area (Å²) in [5.74, 6) is -0.652. The van der Waals surface area contributed by atoms with Gasteiger partial charge in [0.2, 0.25) is 16.0 Å². The highest BCUT2D eigenvalue weighted by molar-refractivity contribution is 9.10. The molecule has 0 spiro atoms. The second-order valence-electron chi connectivity index (χ2n) is 5.63. The Morgan fingerprint density at radius 3 is 2.72 bits per heavy atom. The van der Waals surface area contributed by atoms with Crippen molar-refractivity contribution in [2.75, 3.05) is 12.6 Å². The van der Waals surface area contributed by atoms with Gasteiger partial charge in [0, 0.05) is 6.54 Å². The van der Waals surface area contributed by atoms with Gasteiger partial charge in [0.1, 0.15) is 12.0 Å². The standard InChI is InChI=1S/C14H16BrF3N2O4S/c15-9-3-1-2-8(12(9)18)6-11-13(19-25(23,24)7-16)10(17)4-5-20(11)14(21)22/h1-3,10-11,13,19H,4-7H2,(H,21,22)/t10-,11-,13-/m0/s1. The van der Waals surface area contributed by atoms with Gasteiger partial charge in [0.05, 0.1) is 16.6 Å². The minimum Gasteiger partial charge on any atom is -0.465 e. The highest BCUT2D eigenvalue weighted by Gasteiger charge is 2.42. The molecule has 0 aromatic heterocycles. The summed E-state index contributed by atoms with van der Waals surface area (Å²) < 4.78 is 66.2. The van der Waals surface area contributed by atoms with Crippen LogP contribution in [0, 0.1) is 5.82 Å². The number of nitrogens with zero attached hydrogens (tertiary/aromatic N) is 1. The van der Waals surface area contributed by atoms with Gasteiger partial charge in [-0.2, -0.15) is 0 Å². The molecule has 1 fully saturated rings. The van der Waals surface area contributed by atoms with Crippen molar-refractivity contribution in [2.24, 2.45) is 0 Å². The molecule has 3 atom stereocenters. The van der Waals surface area contributed by atoms with E-state index in [0.717, 1.165) is 4.90 Å². The first-order valence-corrected chi connectivity index (χ1v) is 9.73. The lowest BCUT2D eigenvalue weighted by Crippen LogP contribution is -2.62. The highest BCUT2D eigenvalue weighted by atomic mass is 79.9. The average Bonchev–Trinajstić information content (AvgIpc) is 2.54. The lowest BCUT2D eigenvalue weighted by Gasteiger charge is -2.41. The van der Waals surface area contributed by atoms with E-state index in [1.54, 1.807) is 0 Å². The predicted molar refractivity (Wildman–Crippen MR) is 87.7 cm³/mol. The molecule has 2 rings (SSSR count). The Balaban J connectivity index is 2.39. The zero-order valence-electron chi connectivity index (χ0n) is 12.8. The molecular weight excluding hydrogens is 429 g/mol. The van der Waals surface area contributed by atoms with Crippen LogP contribution in [0.2, 0.25) is 0 Å². The van der Waals surface area contributed by atoms with Gasteiger partial charge >= 0.3 is 6.09 Å². The smallest absolute Gasteiger partial charge is 0.407 e. The van der Waals surface area contributed by atoms with E-state index in [4.69, 9.17) is 0 Å². The first kappa shape index (κ1) is 20.0. The number of alkyl halides is 2. The van der Waals surface area contributed by atoms with E-state index < -0.39 is 46.2 Å². The van der Waals surface area contributed by atoms with Gasteiger partial charge < -0.3 is 10.0 Å². The average molecular weight is 445 g/mol. The Kier molecular flexibility index (Phi) is 6.33. The maximum atomic E-state index is 14.3. The zero-order chi connectivity index (χ0) is 18.8. The van der Waals surface area contributed by atoms with E-state index in [9.17, 15) is 31.5 Å². The van der Waals surface area contributed by atoms with Gasteiger partial charge in [-0.05, 0) is 40.4 Å². The molecule has 1 amide bonds. The van der Waals surface area contributed by atoms with Crippen molar-refractivity contribution in [1.82, 2.24) is 9.62 Å². The number of carboxylic acid groups (broad SMARTS) is 1. The number of hydrogen-bond donors (Lipinski definition) is 2. The molecule has 1 heterocycles. The number of sulfonamides is 1. The maximum Gasteiger partial charge on any atom is 0.407 e. The van der Waals surface area contributed by atoms with Crippen LogP contribution in [-0.4, -0.2) is 55.3 Å². The number of nitrogens with one attached hydrogen (secondary N) is 1. The molecule has 25 heavy (non-hydrogen) atoms. The number of piperidine rings is 1. The van der Waals surface area contributed by atoms with Crippen LogP contribution >= 0.6 is 15.9 Å². The minimum atomic E-state index is -4.42. The SMILES string of the molecule is O=C(O)N1CC[C@H](F)[C@H](NS(=O)(=O)CF)[C@@H]1Cc1cccc(Br)c1F. The van der Waals surface area contributed by atoms with E-state index >= 15 is 0 Å². The fourth-order valence-electron chi connectivity index (χ4n) is 2.84. The number of carbonyl (C=O) groups is 1. The summed E-state index contributed by atoms with van der Waals surface area (Å²) in [6, 6.07) is -0.139. The van der Waals surface area contributed by atoms with E-state index in [2.05, 4.69) is 15.9 Å². The number of hydrogen-bond acceptors (Lipinski definition) is 3. The van der Waals surface area contributed by atoms with Gasteiger partial charge in [-0.15, -0.1) is 0 Å². The van der Waals surface area contributed by atoms with Crippen LogP contribution in [0.25, 0.3) is 0 Å². The van der Waals surface area contributed by atoms with Crippen LogP contribution in [0.15, 0.2) is 22.7 Å². The van der Waals surface area contributed by atoms with Gasteiger partial charge in [-0.25, -0.2) is 31.1 Å². The van der Waals surface area contributed by atoms with Crippen LogP contribution in [0.4, 0.5) is 18.0 Å². The van der Waals surface area contributed by atoms with E-state index in [1.807, 2.05) is 4.72 Å². The lowest BCUT2D eigenvalue weighted by molar-refractivity contribution is 0.0574. The summed E-state index contributed by atoms with van der Waals surface area (Å²) in [5.41, 5.74) is 0.0872. The Hall–Kier alpha value is -1.33. The van der Waals surface area contributed by atoms with Crippen molar-refractivity contribution in [3.05, 3.63) is 34.1 Å². The van der Waals surface area contributed by atoms with Gasteiger partial charge in [-0.3, -0.25) is 0 Å². The zero-order valence-corrected chi connectivity index (χ0v) is 15.2. The Bertz CT molecular complexity index is 750. The van der Waals surface area contributed by atoms with E-state index in [0.29, 0.717) is 0 Å². The lowest BCUT2D eigenvalue weighted by atomic mass is 9.90. The van der Waals surface area contributed by atoms with E-state index in [-0.39, 0.29) is 29.4 Å². The molecule has 1 aromatic rings. The summed E-state index contributed by atoms with van der Waals surface area (Å²) in [7, 11) is -4.42. The fraction of sp³-hybridized carbons (Fsp3) is 0.500. The largest absolute Gasteiger partial charge is 0.465 e. The summed E-state index contributed by atoms with van der Waals surface area (Å²) in [6.45, 7) is -0.176. The quantitative estimate of drug-likeness (QED) is 0.729. The van der Waals surface area contributed by atoms with Crippen molar-refractivity contribution < 1.29 is 31.5 Å². The second-order valence-corrected chi connectivity index (χ2v) is 8.17. The molecule has 0 radical (unpaired) electrons. The summed E-state index contributed by atoms with van der Waals surface area (Å²) in [6.07, 6.45) is -3.63. The predicted octanol–water partition coefficient (Wildman–Crippen LogP) is 2.44. The molecule has 0 aliphatic carbocycles. The minimum absolute atomic E-state index is 0.0872. The van der Waals surface area contributed by atoms with Crippen molar-refractivity contribution in [2.45, 2.75) is 31.1 Å². The number of likely N-dealkylation sites (tertiary alicyclic amines) is 1. The van der Waals surface area contributed by atoms with Crippen LogP contribution in [0.5, 0.6) is 0 Å². The highest BCUT2D eigenvalue weighted by Crippen LogP contribution is 2.27. The monoisotopic (exact) mass is 444 g/mol. The number of halogens is 4. The molecule has 1 aliphatic heterocycles. The number of benzene rings is 1. The van der Waals surface area contributed by atoms with Crippen LogP contribution in [0.3, 0.4) is 0 Å². The first-order valence-electron chi connectivity index (χ1n) is 7.28. The van der Waals surface area contributed by atoms with Crippen LogP contribution in [-0.2, 0) is 16.4 Å². The second kappa shape index (κ2) is 7.92. The third-order valence-electron chi connectivity index (χ3n) is 4.02. The molecule has 2 N–H and O–H groups in total. The normalized spacial score (nSPS) is 24.3. The fourth-order valence-corrected chi connectivity index (χ4v) is 4.03. The van der Waals surface area contributed by atoms with Crippen molar-refractivity contribution >= 4 is 32.0 Å². The van der Waals surface area contributed by atoms with Crippen molar-refractivity contribution in [3.8, 4) is 0 Å². The summed E-state index contributed by atoms with van der Waals surface area (Å²) >= 11 is 3.00. The topological polar surface area (TPSA) is 86.7 Å². The molecule has 0 saturated carbocycles. The molecule has 11 heteroatoms. The Morgan fingerprint density at radius 2 is 2.12 bits per heavy atom. The van der Waals surface area contributed by atoms with Crippen LogP contribution in [0.1, 0.15) is 12.0 Å². The molecule has 0 unspecified atom stereocenters. The first-order chi connectivity index (χ1) is 11.7. The number of rotatable bonds is 5. The molecule has 6 nitrogen and oxygen atoms in total. The van der Waals surface area contributed by atoms with Crippen molar-refractivity contribution in [1.29, 1.82) is 0 Å². The molecule has 1 aliphatic rings. The Morgan fingerprint density at radius 1 is 1.44 bits per heavy atom. The van der Waals surface area contributed by atoms with E-state index in [1.165, 1.54) is 18.2 Å². The summed E-state index contributed by atoms with van der Waals surface area (Å²) in [4.78, 5) is 12.3. The third kappa shape index (κ3) is 4.64. The third-order valence-corrected chi connectivity index (χ3v) is 5.55. The van der Waals surface area contributed by atoms with Crippen molar-refractivity contribution in [3.63, 3.8) is 0 Å². The maximum absolute atomic E-state index is 14.3. The van der Waals surface area contributed by atoms with Gasteiger partial charge in [-0.1, -0.05) is 12.1 Å². The number of amides is 1. The molecule has 140 valence electrons.